The first kappa shape index (κ1) is 24.0. The highest BCUT2D eigenvalue weighted by Gasteiger charge is 2.34. The Kier molecular flexibility index (Phi) is 6.82. The normalized spacial score (nSPS) is 14.2. The van der Waals surface area contributed by atoms with Gasteiger partial charge in [0.1, 0.15) is 11.4 Å². The summed E-state index contributed by atoms with van der Waals surface area (Å²) in [5.41, 5.74) is 1.79. The number of aliphatic imine (C=N–C) groups is 1. The van der Waals surface area contributed by atoms with E-state index in [0.717, 1.165) is 11.8 Å². The van der Waals surface area contributed by atoms with E-state index in [0.29, 0.717) is 27.9 Å². The third kappa shape index (κ3) is 4.87. The van der Waals surface area contributed by atoms with E-state index in [4.69, 9.17) is 9.26 Å². The van der Waals surface area contributed by atoms with E-state index in [1.165, 1.54) is 9.58 Å². The average Bonchev–Trinajstić information content (AvgIpc) is 3.47. The topological polar surface area (TPSA) is 112 Å². The SMILES string of the molecule is COc1ccccc1/C=C1/N=C(SCC(=O)c2c([O-])on[n+]2-c2ccccc2)N(c2ccccc2)C1=O. The minimum absolute atomic E-state index is 0.166. The monoisotopic (exact) mass is 512 g/mol. The number of hydrogen-bond acceptors (Lipinski definition) is 8. The smallest absolute Gasteiger partial charge is 0.307 e. The predicted molar refractivity (Wildman–Crippen MR) is 137 cm³/mol. The number of thioether (sulfide) groups is 1. The first-order chi connectivity index (χ1) is 18.1. The highest BCUT2D eigenvalue weighted by molar-refractivity contribution is 8.14. The second kappa shape index (κ2) is 10.5. The molecule has 4 aromatic rings. The van der Waals surface area contributed by atoms with Crippen LogP contribution in [0, 0.1) is 0 Å². The van der Waals surface area contributed by atoms with E-state index < -0.39 is 11.7 Å². The Balaban J connectivity index is 1.45. The molecule has 0 bridgehead atoms. The molecule has 9 nitrogen and oxygen atoms in total. The van der Waals surface area contributed by atoms with Crippen molar-refractivity contribution in [2.75, 3.05) is 17.8 Å². The van der Waals surface area contributed by atoms with E-state index in [2.05, 4.69) is 10.3 Å². The van der Waals surface area contributed by atoms with Crippen molar-refractivity contribution in [1.82, 2.24) is 5.27 Å². The van der Waals surface area contributed by atoms with Crippen molar-refractivity contribution in [3.05, 3.63) is 102 Å². The molecule has 1 aliphatic heterocycles. The Morgan fingerprint density at radius 1 is 1.05 bits per heavy atom. The summed E-state index contributed by atoms with van der Waals surface area (Å²) in [6, 6.07) is 25.0. The largest absolute Gasteiger partial charge is 0.539 e. The van der Waals surface area contributed by atoms with Crippen LogP contribution in [0.5, 0.6) is 11.7 Å². The Morgan fingerprint density at radius 3 is 2.46 bits per heavy atom. The second-order valence-corrected chi connectivity index (χ2v) is 8.75. The number of anilines is 1. The van der Waals surface area contributed by atoms with Gasteiger partial charge in [-0.3, -0.25) is 14.5 Å². The van der Waals surface area contributed by atoms with Gasteiger partial charge in [0.25, 0.3) is 5.91 Å². The summed E-state index contributed by atoms with van der Waals surface area (Å²) in [6.07, 6.45) is 1.64. The Hall–Kier alpha value is -4.70. The zero-order valence-electron chi connectivity index (χ0n) is 19.6. The number of carbonyl (C=O) groups is 2. The third-order valence-electron chi connectivity index (χ3n) is 5.48. The van der Waals surface area contributed by atoms with Crippen molar-refractivity contribution in [2.24, 2.45) is 4.99 Å². The van der Waals surface area contributed by atoms with Crippen molar-refractivity contribution in [3.8, 4) is 17.4 Å². The molecule has 2 heterocycles. The number of ketones is 1. The van der Waals surface area contributed by atoms with Gasteiger partial charge in [-0.15, -0.1) is 0 Å². The lowest BCUT2D eigenvalue weighted by Gasteiger charge is -2.17. The van der Waals surface area contributed by atoms with Crippen LogP contribution in [0.2, 0.25) is 0 Å². The van der Waals surface area contributed by atoms with Gasteiger partial charge in [-0.2, -0.15) is 0 Å². The van der Waals surface area contributed by atoms with E-state index in [1.54, 1.807) is 55.7 Å². The molecule has 10 heteroatoms. The summed E-state index contributed by atoms with van der Waals surface area (Å²) < 4.78 is 11.3. The molecule has 0 unspecified atom stereocenters. The van der Waals surface area contributed by atoms with Gasteiger partial charge in [-0.05, 0) is 29.0 Å². The lowest BCUT2D eigenvalue weighted by molar-refractivity contribution is -0.672. The number of methoxy groups -OCH3 is 1. The standard InChI is InChI=1S/C27H20N4O5S/c1-35-23-15-9-8-10-18(23)16-21-25(33)30(19-11-4-2-5-12-19)27(28-21)37-17-22(32)24-26(34)36-29-31(24)20-13-6-3-7-14-20/h2-16H,17H2,1H3/b21-16+. The maximum absolute atomic E-state index is 13.4. The molecule has 0 radical (unpaired) electrons. The fraction of sp³-hybridized carbons (Fsp3) is 0.0741. The van der Waals surface area contributed by atoms with Gasteiger partial charge >= 0.3 is 5.69 Å². The van der Waals surface area contributed by atoms with Crippen LogP contribution >= 0.6 is 11.8 Å². The summed E-state index contributed by atoms with van der Waals surface area (Å²) in [4.78, 5) is 32.5. The maximum atomic E-state index is 13.4. The molecule has 3 aromatic carbocycles. The molecule has 184 valence electrons. The number of nitrogens with zero attached hydrogens (tertiary/aromatic N) is 4. The lowest BCUT2D eigenvalue weighted by atomic mass is 10.1. The summed E-state index contributed by atoms with van der Waals surface area (Å²) in [5, 5.41) is 16.3. The fourth-order valence-electron chi connectivity index (χ4n) is 3.76. The van der Waals surface area contributed by atoms with Gasteiger partial charge in [0.15, 0.2) is 11.1 Å². The molecule has 0 N–H and O–H groups in total. The summed E-state index contributed by atoms with van der Waals surface area (Å²) >= 11 is 1.05. The Bertz CT molecular complexity index is 1520. The van der Waals surface area contributed by atoms with Gasteiger partial charge in [0.05, 0.1) is 23.8 Å². The van der Waals surface area contributed by atoms with E-state index in [9.17, 15) is 14.7 Å². The van der Waals surface area contributed by atoms with Gasteiger partial charge in [0.2, 0.25) is 11.5 Å². The minimum Gasteiger partial charge on any atom is -0.539 e. The zero-order valence-corrected chi connectivity index (χ0v) is 20.4. The molecule has 0 saturated heterocycles. The van der Waals surface area contributed by atoms with Gasteiger partial charge in [-0.1, -0.05) is 66.4 Å². The number of Topliss-reactive ketones (excluding diaryl/α,β-unsaturated/α-hetero) is 1. The van der Waals surface area contributed by atoms with Crippen LogP contribution in [0.15, 0.2) is 100 Å². The van der Waals surface area contributed by atoms with Crippen molar-refractivity contribution >= 4 is 40.4 Å². The van der Waals surface area contributed by atoms with Gasteiger partial charge < -0.3 is 14.4 Å². The number of ether oxygens (including phenoxy) is 1. The molecule has 0 fully saturated rings. The zero-order chi connectivity index (χ0) is 25.8. The number of aromatic nitrogens is 2. The quantitative estimate of drug-likeness (QED) is 0.212. The minimum atomic E-state index is -0.837. The number of benzene rings is 3. The molecular weight excluding hydrogens is 492 g/mol. The highest BCUT2D eigenvalue weighted by Crippen LogP contribution is 2.31. The molecule has 0 aliphatic carbocycles. The summed E-state index contributed by atoms with van der Waals surface area (Å²) in [5.74, 6) is -1.26. The second-order valence-electron chi connectivity index (χ2n) is 7.81. The van der Waals surface area contributed by atoms with Gasteiger partial charge in [0, 0.05) is 17.7 Å². The molecule has 1 aliphatic rings. The van der Waals surface area contributed by atoms with Crippen LogP contribution < -0.4 is 19.4 Å². The van der Waals surface area contributed by atoms with Crippen molar-refractivity contribution in [2.45, 2.75) is 0 Å². The average molecular weight is 513 g/mol. The molecule has 0 spiro atoms. The Morgan fingerprint density at radius 2 is 1.73 bits per heavy atom. The van der Waals surface area contributed by atoms with Crippen molar-refractivity contribution < 1.29 is 28.6 Å². The maximum Gasteiger partial charge on any atom is 0.307 e. The first-order valence-corrected chi connectivity index (χ1v) is 12.2. The van der Waals surface area contributed by atoms with E-state index >= 15 is 0 Å². The van der Waals surface area contributed by atoms with E-state index in [1.807, 2.05) is 42.5 Å². The molecule has 0 atom stereocenters. The van der Waals surface area contributed by atoms with Crippen molar-refractivity contribution in [1.29, 1.82) is 0 Å². The number of rotatable bonds is 7. The van der Waals surface area contributed by atoms with Crippen LogP contribution in [-0.4, -0.2) is 35.0 Å². The van der Waals surface area contributed by atoms with Crippen LogP contribution in [0.3, 0.4) is 0 Å². The number of amides is 1. The summed E-state index contributed by atoms with van der Waals surface area (Å²) in [7, 11) is 1.55. The first-order valence-electron chi connectivity index (χ1n) is 11.2. The molecule has 37 heavy (non-hydrogen) atoms. The molecule has 1 aromatic heterocycles. The summed E-state index contributed by atoms with van der Waals surface area (Å²) in [6.45, 7) is 0. The number of para-hydroxylation sites is 3. The predicted octanol–water partition coefficient (Wildman–Crippen LogP) is 3.39. The van der Waals surface area contributed by atoms with Crippen LogP contribution in [0.4, 0.5) is 5.69 Å². The number of carbonyl (C=O) groups excluding carboxylic acids is 2. The van der Waals surface area contributed by atoms with Crippen molar-refractivity contribution in [3.63, 3.8) is 0 Å². The number of amidine groups is 1. The Labute approximate surface area is 216 Å². The number of hydrogen-bond donors (Lipinski definition) is 0. The van der Waals surface area contributed by atoms with Gasteiger partial charge in [-0.25, -0.2) is 4.99 Å². The molecular formula is C27H20N4O5S. The lowest BCUT2D eigenvalue weighted by Crippen LogP contribution is -2.39. The van der Waals surface area contributed by atoms with Crippen LogP contribution in [0.1, 0.15) is 16.1 Å². The van der Waals surface area contributed by atoms with E-state index in [-0.39, 0.29) is 23.1 Å². The van der Waals surface area contributed by atoms with Crippen LogP contribution in [-0.2, 0) is 4.79 Å². The molecule has 5 rings (SSSR count). The fourth-order valence-corrected chi connectivity index (χ4v) is 4.63. The molecule has 0 saturated carbocycles. The third-order valence-corrected chi connectivity index (χ3v) is 6.42. The van der Waals surface area contributed by atoms with Crippen LogP contribution in [0.25, 0.3) is 11.8 Å². The highest BCUT2D eigenvalue weighted by atomic mass is 32.2. The molecule has 1 amide bonds.